The minimum atomic E-state index is -4.56. The summed E-state index contributed by atoms with van der Waals surface area (Å²) in [5.41, 5.74) is 10.6. The third kappa shape index (κ3) is 5.92. The van der Waals surface area contributed by atoms with Crippen LogP contribution in [0, 0.1) is 13.8 Å². The molecule has 9 nitrogen and oxygen atoms in total. The van der Waals surface area contributed by atoms with Crippen LogP contribution in [0.15, 0.2) is 48.8 Å². The zero-order chi connectivity index (χ0) is 28.4. The van der Waals surface area contributed by atoms with Crippen LogP contribution in [0.3, 0.4) is 0 Å². The molecule has 2 aliphatic rings. The van der Waals surface area contributed by atoms with Gasteiger partial charge in [-0.3, -0.25) is 14.5 Å². The molecular weight excluding hydrogens is 521 g/mol. The lowest BCUT2D eigenvalue weighted by atomic mass is 10.1. The van der Waals surface area contributed by atoms with Gasteiger partial charge in [-0.2, -0.15) is 18.3 Å². The SMILES string of the molecule is Cc1ccc(NC(=O)c2cc(C(F)(F)F)ccc2NCCN2CCCC2)cc1N1C=C(c2cnn(C)c2C)NN1. The first-order valence-corrected chi connectivity index (χ1v) is 13.2. The van der Waals surface area contributed by atoms with Gasteiger partial charge in [0.15, 0.2) is 0 Å². The number of carbonyl (C=O) groups is 1. The average Bonchev–Trinajstić information content (AvgIpc) is 3.68. The van der Waals surface area contributed by atoms with Crippen LogP contribution in [0.4, 0.5) is 30.2 Å². The molecule has 4 N–H and O–H groups in total. The highest BCUT2D eigenvalue weighted by Crippen LogP contribution is 2.33. The number of nitrogens with one attached hydrogen (secondary N) is 4. The normalized spacial score (nSPS) is 15.8. The van der Waals surface area contributed by atoms with Gasteiger partial charge in [-0.25, -0.2) is 0 Å². The fourth-order valence-corrected chi connectivity index (χ4v) is 4.91. The number of amides is 1. The number of nitrogens with zero attached hydrogens (tertiary/aromatic N) is 4. The summed E-state index contributed by atoms with van der Waals surface area (Å²) in [6, 6.07) is 8.57. The standard InChI is InChI=1S/C28H33F3N8O/c1-18-6-8-21(15-26(18)39-17-25(35-36-39)23-16-33-37(3)19(23)2)34-27(40)22-14-20(28(29,30)31)7-9-24(22)32-10-13-38-11-4-5-12-38/h6-9,14-17,32,35-36H,4-5,10-13H2,1-3H3,(H,34,40). The Bertz CT molecular complexity index is 1430. The number of hydrogen-bond acceptors (Lipinski definition) is 7. The summed E-state index contributed by atoms with van der Waals surface area (Å²) in [4.78, 5) is 15.6. The molecule has 212 valence electrons. The Kier molecular flexibility index (Phi) is 7.72. The van der Waals surface area contributed by atoms with Crippen LogP contribution in [-0.4, -0.2) is 46.8 Å². The van der Waals surface area contributed by atoms with Crippen molar-refractivity contribution in [2.45, 2.75) is 32.9 Å². The number of hydrazine groups is 2. The van der Waals surface area contributed by atoms with Crippen LogP contribution in [0.5, 0.6) is 0 Å². The molecule has 0 spiro atoms. The van der Waals surface area contributed by atoms with Gasteiger partial charge in [0.25, 0.3) is 5.91 Å². The molecule has 0 radical (unpaired) electrons. The van der Waals surface area contributed by atoms with Crippen LogP contribution >= 0.6 is 0 Å². The molecule has 3 heterocycles. The maximum absolute atomic E-state index is 13.5. The Labute approximate surface area is 231 Å². The number of alkyl halides is 3. The first kappa shape index (κ1) is 27.5. The van der Waals surface area contributed by atoms with Gasteiger partial charge >= 0.3 is 6.18 Å². The number of rotatable bonds is 8. The van der Waals surface area contributed by atoms with E-state index in [0.29, 0.717) is 17.9 Å². The molecule has 40 heavy (non-hydrogen) atoms. The Morgan fingerprint density at radius 2 is 1.88 bits per heavy atom. The Morgan fingerprint density at radius 3 is 2.58 bits per heavy atom. The summed E-state index contributed by atoms with van der Waals surface area (Å²) in [7, 11) is 1.87. The molecule has 12 heteroatoms. The van der Waals surface area contributed by atoms with Gasteiger partial charge in [-0.05, 0) is 75.7 Å². The number of halogens is 3. The summed E-state index contributed by atoms with van der Waals surface area (Å²) in [5, 5.41) is 12.0. The van der Waals surface area contributed by atoms with Crippen molar-refractivity contribution in [3.8, 4) is 0 Å². The van der Waals surface area contributed by atoms with E-state index in [4.69, 9.17) is 0 Å². The monoisotopic (exact) mass is 554 g/mol. The second-order valence-corrected chi connectivity index (χ2v) is 10.1. The van der Waals surface area contributed by atoms with E-state index in [1.807, 2.05) is 33.2 Å². The zero-order valence-electron chi connectivity index (χ0n) is 22.7. The van der Waals surface area contributed by atoms with Crippen molar-refractivity contribution in [2.24, 2.45) is 7.05 Å². The highest BCUT2D eigenvalue weighted by molar-refractivity contribution is 6.08. The van der Waals surface area contributed by atoms with Gasteiger partial charge in [0.2, 0.25) is 0 Å². The third-order valence-corrected chi connectivity index (χ3v) is 7.35. The maximum atomic E-state index is 13.5. The van der Waals surface area contributed by atoms with E-state index in [9.17, 15) is 18.0 Å². The molecule has 2 aromatic carbocycles. The molecular formula is C28H33F3N8O. The molecule has 0 aliphatic carbocycles. The third-order valence-electron chi connectivity index (χ3n) is 7.35. The lowest BCUT2D eigenvalue weighted by molar-refractivity contribution is -0.137. The maximum Gasteiger partial charge on any atom is 0.416 e. The van der Waals surface area contributed by atoms with E-state index in [2.05, 4.69) is 31.6 Å². The molecule has 1 amide bonds. The quantitative estimate of drug-likeness (QED) is 0.323. The van der Waals surface area contributed by atoms with Gasteiger partial charge in [0.05, 0.1) is 28.7 Å². The lowest BCUT2D eigenvalue weighted by Gasteiger charge is -2.20. The van der Waals surface area contributed by atoms with E-state index in [1.54, 1.807) is 28.0 Å². The summed E-state index contributed by atoms with van der Waals surface area (Å²) in [6.07, 6.45) is 1.39. The molecule has 0 saturated carbocycles. The van der Waals surface area contributed by atoms with E-state index < -0.39 is 17.6 Å². The van der Waals surface area contributed by atoms with E-state index >= 15 is 0 Å². The van der Waals surface area contributed by atoms with Crippen molar-refractivity contribution in [1.82, 2.24) is 25.6 Å². The number of carbonyl (C=O) groups excluding carboxylic acids is 1. The van der Waals surface area contributed by atoms with E-state index in [-0.39, 0.29) is 5.56 Å². The number of benzene rings is 2. The van der Waals surface area contributed by atoms with Gasteiger partial charge in [-0.15, -0.1) is 5.53 Å². The Balaban J connectivity index is 1.36. The molecule has 3 aromatic rings. The zero-order valence-corrected chi connectivity index (χ0v) is 22.7. The first-order valence-electron chi connectivity index (χ1n) is 13.2. The van der Waals surface area contributed by atoms with E-state index in [0.717, 1.165) is 72.8 Å². The lowest BCUT2D eigenvalue weighted by Crippen LogP contribution is -2.36. The predicted octanol–water partition coefficient (Wildman–Crippen LogP) is 4.64. The highest BCUT2D eigenvalue weighted by Gasteiger charge is 2.32. The van der Waals surface area contributed by atoms with Crippen molar-refractivity contribution in [2.75, 3.05) is 41.8 Å². The molecule has 0 unspecified atom stereocenters. The molecule has 1 aromatic heterocycles. The fraction of sp³-hybridized carbons (Fsp3) is 0.357. The summed E-state index contributed by atoms with van der Waals surface area (Å²) in [5.74, 6) is -0.626. The largest absolute Gasteiger partial charge is 0.416 e. The second kappa shape index (κ2) is 11.2. The molecule has 2 aliphatic heterocycles. The Hall–Kier alpha value is -4.03. The number of aromatic nitrogens is 2. The molecule has 0 atom stereocenters. The molecule has 1 fully saturated rings. The van der Waals surface area contributed by atoms with Crippen molar-refractivity contribution in [1.29, 1.82) is 0 Å². The van der Waals surface area contributed by atoms with E-state index in [1.165, 1.54) is 6.07 Å². The summed E-state index contributed by atoms with van der Waals surface area (Å²) < 4.78 is 42.3. The van der Waals surface area contributed by atoms with Crippen molar-refractivity contribution < 1.29 is 18.0 Å². The van der Waals surface area contributed by atoms with Crippen LogP contribution in [-0.2, 0) is 13.2 Å². The number of aryl methyl sites for hydroxylation is 2. The number of hydrogen-bond donors (Lipinski definition) is 4. The minimum absolute atomic E-state index is 0.0615. The molecule has 1 saturated heterocycles. The fourth-order valence-electron chi connectivity index (χ4n) is 4.91. The van der Waals surface area contributed by atoms with Crippen LogP contribution in [0.2, 0.25) is 0 Å². The molecule has 0 bridgehead atoms. The second-order valence-electron chi connectivity index (χ2n) is 10.1. The summed E-state index contributed by atoms with van der Waals surface area (Å²) >= 11 is 0. The van der Waals surface area contributed by atoms with Crippen LogP contribution in [0.1, 0.15) is 45.6 Å². The Morgan fingerprint density at radius 1 is 1.10 bits per heavy atom. The predicted molar refractivity (Wildman–Crippen MR) is 149 cm³/mol. The van der Waals surface area contributed by atoms with Gasteiger partial charge in [0.1, 0.15) is 0 Å². The van der Waals surface area contributed by atoms with Crippen molar-refractivity contribution in [3.05, 3.63) is 76.7 Å². The minimum Gasteiger partial charge on any atom is -0.383 e. The number of likely N-dealkylation sites (tertiary alicyclic amines) is 1. The van der Waals surface area contributed by atoms with Crippen LogP contribution in [0.25, 0.3) is 5.70 Å². The van der Waals surface area contributed by atoms with Crippen LogP contribution < -0.4 is 26.6 Å². The smallest absolute Gasteiger partial charge is 0.383 e. The number of anilines is 3. The highest BCUT2D eigenvalue weighted by atomic mass is 19.4. The van der Waals surface area contributed by atoms with Gasteiger partial charge < -0.3 is 21.0 Å². The summed E-state index contributed by atoms with van der Waals surface area (Å²) in [6.45, 7) is 7.21. The van der Waals surface area contributed by atoms with Crippen molar-refractivity contribution in [3.63, 3.8) is 0 Å². The van der Waals surface area contributed by atoms with Crippen molar-refractivity contribution >= 4 is 28.7 Å². The topological polar surface area (TPSA) is 89.5 Å². The molecule has 5 rings (SSSR count). The van der Waals surface area contributed by atoms with Gasteiger partial charge in [-0.1, -0.05) is 6.07 Å². The average molecular weight is 555 g/mol. The van der Waals surface area contributed by atoms with Gasteiger partial charge in [0, 0.05) is 49.0 Å². The first-order chi connectivity index (χ1) is 19.1.